The average molecular weight is 401 g/mol. The lowest BCUT2D eigenvalue weighted by Gasteiger charge is -2.34. The lowest BCUT2D eigenvalue weighted by Crippen LogP contribution is -2.52. The fourth-order valence-corrected chi connectivity index (χ4v) is 3.19. The summed E-state index contributed by atoms with van der Waals surface area (Å²) < 4.78 is 11.8. The summed E-state index contributed by atoms with van der Waals surface area (Å²) in [6.07, 6.45) is 1.49. The van der Waals surface area contributed by atoms with Crippen LogP contribution in [-0.2, 0) is 11.3 Å². The normalized spacial score (nSPS) is 18.2. The molecule has 0 saturated carbocycles. The van der Waals surface area contributed by atoms with E-state index < -0.39 is 17.8 Å². The molecule has 1 aliphatic rings. The summed E-state index contributed by atoms with van der Waals surface area (Å²) in [4.78, 5) is 16.8. The van der Waals surface area contributed by atoms with Gasteiger partial charge in [-0.25, -0.2) is 4.98 Å². The molecule has 0 spiro atoms. The number of hydrogen-bond acceptors (Lipinski definition) is 7. The third kappa shape index (κ3) is 5.58. The summed E-state index contributed by atoms with van der Waals surface area (Å²) >= 11 is 0. The smallest absolute Gasteiger partial charge is 0.317 e. The monoisotopic (exact) mass is 401 g/mol. The first kappa shape index (κ1) is 20.9. The molecule has 1 aromatic carbocycles. The van der Waals surface area contributed by atoms with Gasteiger partial charge in [-0.1, -0.05) is 12.1 Å². The van der Waals surface area contributed by atoms with Gasteiger partial charge in [0.05, 0.1) is 13.2 Å². The zero-order valence-corrected chi connectivity index (χ0v) is 16.7. The van der Waals surface area contributed by atoms with Crippen molar-refractivity contribution in [3.8, 4) is 11.5 Å². The molecule has 1 aliphatic heterocycles. The SMILES string of the molecule is CC1(C)Oc2cc(OCCCNc3ccccn3)ccc2CN(CC(=O)O)C1O. The van der Waals surface area contributed by atoms with Crippen molar-refractivity contribution in [3.05, 3.63) is 48.2 Å². The lowest BCUT2D eigenvalue weighted by atomic mass is 10.1. The van der Waals surface area contributed by atoms with Gasteiger partial charge in [-0.05, 0) is 38.5 Å². The van der Waals surface area contributed by atoms with Crippen molar-refractivity contribution in [2.24, 2.45) is 0 Å². The first-order valence-corrected chi connectivity index (χ1v) is 9.59. The van der Waals surface area contributed by atoms with E-state index in [1.54, 1.807) is 26.1 Å². The number of carboxylic acids is 1. The van der Waals surface area contributed by atoms with E-state index in [0.29, 0.717) is 18.1 Å². The summed E-state index contributed by atoms with van der Waals surface area (Å²) in [7, 11) is 0. The van der Waals surface area contributed by atoms with E-state index in [0.717, 1.165) is 24.3 Å². The molecule has 2 aromatic rings. The van der Waals surface area contributed by atoms with E-state index >= 15 is 0 Å². The molecule has 8 heteroatoms. The number of ether oxygens (including phenoxy) is 2. The van der Waals surface area contributed by atoms with Crippen LogP contribution in [0.1, 0.15) is 25.8 Å². The van der Waals surface area contributed by atoms with E-state index in [9.17, 15) is 9.90 Å². The van der Waals surface area contributed by atoms with Crippen LogP contribution in [0.5, 0.6) is 11.5 Å². The van der Waals surface area contributed by atoms with Gasteiger partial charge < -0.3 is 25.0 Å². The second-order valence-electron chi connectivity index (χ2n) is 7.49. The van der Waals surface area contributed by atoms with Crippen molar-refractivity contribution < 1.29 is 24.5 Å². The van der Waals surface area contributed by atoms with Crippen LogP contribution in [0.4, 0.5) is 5.82 Å². The van der Waals surface area contributed by atoms with Gasteiger partial charge in [-0.2, -0.15) is 0 Å². The van der Waals surface area contributed by atoms with Gasteiger partial charge in [-0.3, -0.25) is 9.69 Å². The maximum Gasteiger partial charge on any atom is 0.317 e. The molecule has 0 bridgehead atoms. The minimum absolute atomic E-state index is 0.269. The summed E-state index contributed by atoms with van der Waals surface area (Å²) in [5.74, 6) is 1.09. The number of aliphatic carboxylic acids is 1. The van der Waals surface area contributed by atoms with Crippen LogP contribution < -0.4 is 14.8 Å². The number of carboxylic acid groups (broad SMARTS) is 1. The topological polar surface area (TPSA) is 104 Å². The van der Waals surface area contributed by atoms with Crippen molar-refractivity contribution in [1.82, 2.24) is 9.88 Å². The number of nitrogens with zero attached hydrogens (tertiary/aromatic N) is 2. The number of benzene rings is 1. The van der Waals surface area contributed by atoms with E-state index in [1.807, 2.05) is 30.3 Å². The van der Waals surface area contributed by atoms with Crippen LogP contribution in [0.25, 0.3) is 0 Å². The van der Waals surface area contributed by atoms with Gasteiger partial charge in [0.15, 0.2) is 0 Å². The van der Waals surface area contributed by atoms with Crippen molar-refractivity contribution in [3.63, 3.8) is 0 Å². The van der Waals surface area contributed by atoms with Crippen LogP contribution in [0, 0.1) is 0 Å². The second kappa shape index (κ2) is 9.11. The molecular weight excluding hydrogens is 374 g/mol. The van der Waals surface area contributed by atoms with Gasteiger partial charge in [0, 0.05) is 30.9 Å². The van der Waals surface area contributed by atoms with E-state index in [1.165, 1.54) is 4.90 Å². The Morgan fingerprint density at radius 3 is 2.93 bits per heavy atom. The van der Waals surface area contributed by atoms with Crippen molar-refractivity contribution >= 4 is 11.8 Å². The predicted octanol–water partition coefficient (Wildman–Crippen LogP) is 2.34. The molecular formula is C21H27N3O5. The van der Waals surface area contributed by atoms with Gasteiger partial charge >= 0.3 is 5.97 Å². The molecule has 1 aromatic heterocycles. The Morgan fingerprint density at radius 1 is 1.38 bits per heavy atom. The summed E-state index contributed by atoms with van der Waals surface area (Å²) in [6.45, 7) is 4.74. The number of nitrogens with one attached hydrogen (secondary N) is 1. The number of hydrogen-bond donors (Lipinski definition) is 3. The van der Waals surface area contributed by atoms with Gasteiger partial charge in [0.1, 0.15) is 29.1 Å². The molecule has 0 saturated heterocycles. The molecule has 156 valence electrons. The average Bonchev–Trinajstić information content (AvgIpc) is 2.76. The van der Waals surface area contributed by atoms with Gasteiger partial charge in [0.2, 0.25) is 0 Å². The van der Waals surface area contributed by atoms with Crippen LogP contribution in [0.2, 0.25) is 0 Å². The van der Waals surface area contributed by atoms with Crippen LogP contribution >= 0.6 is 0 Å². The minimum atomic E-state index is -1.05. The highest BCUT2D eigenvalue weighted by molar-refractivity contribution is 5.69. The fourth-order valence-electron chi connectivity index (χ4n) is 3.19. The van der Waals surface area contributed by atoms with E-state index in [2.05, 4.69) is 10.3 Å². The number of anilines is 1. The van der Waals surface area contributed by atoms with Crippen LogP contribution in [-0.4, -0.2) is 57.6 Å². The highest BCUT2D eigenvalue weighted by Crippen LogP contribution is 2.34. The Kier molecular flexibility index (Phi) is 6.56. The molecule has 0 aliphatic carbocycles. The maximum atomic E-state index is 11.1. The second-order valence-corrected chi connectivity index (χ2v) is 7.49. The van der Waals surface area contributed by atoms with Crippen molar-refractivity contribution in [1.29, 1.82) is 0 Å². The Labute approximate surface area is 170 Å². The molecule has 8 nitrogen and oxygen atoms in total. The third-order valence-corrected chi connectivity index (χ3v) is 4.65. The molecule has 1 atom stereocenters. The molecule has 0 amide bonds. The van der Waals surface area contributed by atoms with Crippen molar-refractivity contribution in [2.75, 3.05) is 25.0 Å². The number of aliphatic hydroxyl groups excluding tert-OH is 1. The Bertz CT molecular complexity index is 828. The molecule has 3 N–H and O–H groups in total. The maximum absolute atomic E-state index is 11.1. The number of fused-ring (bicyclic) bond motifs is 1. The first-order chi connectivity index (χ1) is 13.8. The summed E-state index contributed by atoms with van der Waals surface area (Å²) in [5.41, 5.74) is -0.161. The van der Waals surface area contributed by atoms with E-state index in [4.69, 9.17) is 14.6 Å². The number of pyridine rings is 1. The minimum Gasteiger partial charge on any atom is -0.493 e. The molecule has 0 radical (unpaired) electrons. The standard InChI is InChI=1S/C21H27N3O5/c1-21(2)20(27)24(14-19(25)26)13-15-7-8-16(12-17(15)29-21)28-11-5-10-23-18-6-3-4-9-22-18/h3-4,6-9,12,20,27H,5,10-11,13-14H2,1-2H3,(H,22,23)(H,25,26). The molecule has 2 heterocycles. The number of carbonyl (C=O) groups is 1. The Morgan fingerprint density at radius 2 is 2.21 bits per heavy atom. The molecule has 0 fully saturated rings. The predicted molar refractivity (Wildman–Crippen MR) is 108 cm³/mol. The van der Waals surface area contributed by atoms with Gasteiger partial charge in [-0.15, -0.1) is 0 Å². The summed E-state index contributed by atoms with van der Waals surface area (Å²) in [5, 5.41) is 22.9. The number of aromatic nitrogens is 1. The highest BCUT2D eigenvalue weighted by Gasteiger charge is 2.39. The van der Waals surface area contributed by atoms with Crippen molar-refractivity contribution in [2.45, 2.75) is 38.6 Å². The summed E-state index contributed by atoms with van der Waals surface area (Å²) in [6, 6.07) is 11.2. The van der Waals surface area contributed by atoms with E-state index in [-0.39, 0.29) is 13.1 Å². The first-order valence-electron chi connectivity index (χ1n) is 9.59. The Hall–Kier alpha value is -2.84. The lowest BCUT2D eigenvalue weighted by molar-refractivity contribution is -0.149. The Balaban J connectivity index is 1.59. The zero-order valence-electron chi connectivity index (χ0n) is 16.7. The molecule has 3 rings (SSSR count). The number of rotatable bonds is 8. The quantitative estimate of drug-likeness (QED) is 0.579. The molecule has 29 heavy (non-hydrogen) atoms. The highest BCUT2D eigenvalue weighted by atomic mass is 16.5. The molecule has 1 unspecified atom stereocenters. The van der Waals surface area contributed by atoms with Crippen LogP contribution in [0.3, 0.4) is 0 Å². The van der Waals surface area contributed by atoms with Crippen LogP contribution in [0.15, 0.2) is 42.6 Å². The zero-order chi connectivity index (χ0) is 20.9. The number of aliphatic hydroxyl groups is 1. The van der Waals surface area contributed by atoms with Gasteiger partial charge in [0.25, 0.3) is 0 Å². The third-order valence-electron chi connectivity index (χ3n) is 4.65. The largest absolute Gasteiger partial charge is 0.493 e. The fraction of sp³-hybridized carbons (Fsp3) is 0.429.